The molecule has 0 unspecified atom stereocenters. The summed E-state index contributed by atoms with van der Waals surface area (Å²) in [5, 5.41) is 0. The molecule has 2 aliphatic rings. The molecule has 68 valence electrons. The lowest BCUT2D eigenvalue weighted by atomic mass is 10.1. The maximum absolute atomic E-state index is 5.60. The number of nitrogens with zero attached hydrogens (tertiary/aromatic N) is 1. The molecule has 1 spiro atoms. The van der Waals surface area contributed by atoms with Gasteiger partial charge in [0, 0.05) is 5.41 Å². The summed E-state index contributed by atoms with van der Waals surface area (Å²) in [4.78, 5) is 4.11. The fourth-order valence-electron chi connectivity index (χ4n) is 1.20. The second-order valence-electron chi connectivity index (χ2n) is 3.41. The van der Waals surface area contributed by atoms with E-state index in [4.69, 9.17) is 39.5 Å². The minimum absolute atomic E-state index is 0.241. The van der Waals surface area contributed by atoms with Crippen molar-refractivity contribution in [3.8, 4) is 0 Å². The fourth-order valence-corrected chi connectivity index (χ4v) is 1.55. The summed E-state index contributed by atoms with van der Waals surface area (Å²) in [6.07, 6.45) is 2.37. The van der Waals surface area contributed by atoms with Gasteiger partial charge in [0.05, 0.1) is 13.2 Å². The lowest BCUT2D eigenvalue weighted by molar-refractivity contribution is 0.202. The SMILES string of the molecule is ClC(Cl)(Cl)C1=NCC2(CC2)CO1. The van der Waals surface area contributed by atoms with Gasteiger partial charge in [0.1, 0.15) is 0 Å². The number of halogens is 3. The Morgan fingerprint density at radius 1 is 1.33 bits per heavy atom. The summed E-state index contributed by atoms with van der Waals surface area (Å²) in [6.45, 7) is 1.40. The van der Waals surface area contributed by atoms with Crippen LogP contribution in [0.1, 0.15) is 12.8 Å². The van der Waals surface area contributed by atoms with Crippen LogP contribution in [0, 0.1) is 5.41 Å². The summed E-state index contributed by atoms with van der Waals surface area (Å²) in [6, 6.07) is 0. The summed E-state index contributed by atoms with van der Waals surface area (Å²) in [5.41, 5.74) is 0.291. The molecule has 0 aromatic carbocycles. The highest BCUT2D eigenvalue weighted by Gasteiger charge is 2.47. The summed E-state index contributed by atoms with van der Waals surface area (Å²) < 4.78 is 3.78. The third-order valence-corrected chi connectivity index (χ3v) is 2.76. The average molecular weight is 229 g/mol. The van der Waals surface area contributed by atoms with Gasteiger partial charge in [0.2, 0.25) is 5.90 Å². The van der Waals surface area contributed by atoms with Gasteiger partial charge in [-0.3, -0.25) is 4.99 Å². The fraction of sp³-hybridized carbons (Fsp3) is 0.857. The lowest BCUT2D eigenvalue weighted by Crippen LogP contribution is -2.32. The first-order valence-corrected chi connectivity index (χ1v) is 4.90. The molecule has 0 amide bonds. The van der Waals surface area contributed by atoms with E-state index >= 15 is 0 Å². The molecule has 12 heavy (non-hydrogen) atoms. The van der Waals surface area contributed by atoms with E-state index in [2.05, 4.69) is 4.99 Å². The maximum atomic E-state index is 5.60. The monoisotopic (exact) mass is 227 g/mol. The Hall–Kier alpha value is 0.340. The second kappa shape index (κ2) is 2.66. The van der Waals surface area contributed by atoms with Gasteiger partial charge in [0.25, 0.3) is 3.79 Å². The number of alkyl halides is 3. The molecule has 0 saturated heterocycles. The molecule has 0 bridgehead atoms. The molecule has 0 N–H and O–H groups in total. The third-order valence-electron chi connectivity index (χ3n) is 2.27. The normalized spacial score (nSPS) is 26.4. The zero-order valence-corrected chi connectivity index (χ0v) is 8.59. The van der Waals surface area contributed by atoms with Crippen LogP contribution in [0.2, 0.25) is 0 Å². The van der Waals surface area contributed by atoms with E-state index in [0.717, 1.165) is 6.54 Å². The van der Waals surface area contributed by atoms with E-state index in [0.29, 0.717) is 12.0 Å². The number of hydrogen-bond acceptors (Lipinski definition) is 2. The zero-order chi connectivity index (χ0) is 8.82. The van der Waals surface area contributed by atoms with Crippen LogP contribution in [0.15, 0.2) is 4.99 Å². The van der Waals surface area contributed by atoms with Crippen molar-refractivity contribution in [1.82, 2.24) is 0 Å². The van der Waals surface area contributed by atoms with Crippen molar-refractivity contribution >= 4 is 40.7 Å². The second-order valence-corrected chi connectivity index (χ2v) is 5.69. The first-order valence-electron chi connectivity index (χ1n) is 3.76. The Labute approximate surface area is 85.8 Å². The summed E-state index contributed by atoms with van der Waals surface area (Å²) in [7, 11) is 0. The first kappa shape index (κ1) is 8.92. The Balaban J connectivity index is 2.06. The van der Waals surface area contributed by atoms with E-state index in [1.54, 1.807) is 0 Å². The van der Waals surface area contributed by atoms with Gasteiger partial charge >= 0.3 is 0 Å². The number of aliphatic imine (C=N–C) groups is 1. The Bertz CT molecular complexity index is 229. The Morgan fingerprint density at radius 3 is 2.33 bits per heavy atom. The Kier molecular flexibility index (Phi) is 1.98. The van der Waals surface area contributed by atoms with Gasteiger partial charge in [-0.05, 0) is 12.8 Å². The molecule has 1 saturated carbocycles. The predicted octanol–water partition coefficient (Wildman–Crippen LogP) is 2.57. The molecule has 0 aromatic heterocycles. The maximum Gasteiger partial charge on any atom is 0.266 e. The van der Waals surface area contributed by atoms with Crippen LogP contribution in [-0.2, 0) is 4.74 Å². The standard InChI is InChI=1S/C7H8Cl3NO/c8-7(9,10)5-11-3-6(1-2-6)4-12-5/h1-4H2. The molecule has 1 fully saturated rings. The number of ether oxygens (including phenoxy) is 1. The quantitative estimate of drug-likeness (QED) is 0.584. The van der Waals surface area contributed by atoms with Crippen molar-refractivity contribution in [1.29, 1.82) is 0 Å². The van der Waals surface area contributed by atoms with E-state index in [9.17, 15) is 0 Å². The minimum atomic E-state index is -1.49. The molecule has 0 aromatic rings. The first-order chi connectivity index (χ1) is 5.52. The predicted molar refractivity (Wildman–Crippen MR) is 50.2 cm³/mol. The highest BCUT2D eigenvalue weighted by Crippen LogP contribution is 2.48. The number of rotatable bonds is 0. The van der Waals surface area contributed by atoms with E-state index in [1.807, 2.05) is 0 Å². The van der Waals surface area contributed by atoms with Gasteiger partial charge in [-0.15, -0.1) is 0 Å². The van der Waals surface area contributed by atoms with Crippen molar-refractivity contribution in [3.05, 3.63) is 0 Å². The summed E-state index contributed by atoms with van der Waals surface area (Å²) >= 11 is 16.8. The van der Waals surface area contributed by atoms with Gasteiger partial charge in [-0.2, -0.15) is 0 Å². The van der Waals surface area contributed by atoms with E-state index in [-0.39, 0.29) is 5.90 Å². The highest BCUT2D eigenvalue weighted by molar-refractivity contribution is 6.76. The van der Waals surface area contributed by atoms with Gasteiger partial charge < -0.3 is 4.74 Å². The topological polar surface area (TPSA) is 21.6 Å². The third kappa shape index (κ3) is 1.66. The Morgan fingerprint density at radius 2 is 2.00 bits per heavy atom. The smallest absolute Gasteiger partial charge is 0.266 e. The molecule has 0 atom stereocenters. The average Bonchev–Trinajstić information content (AvgIpc) is 2.68. The number of hydrogen-bond donors (Lipinski definition) is 0. The molecule has 2 nitrogen and oxygen atoms in total. The highest BCUT2D eigenvalue weighted by atomic mass is 35.6. The van der Waals surface area contributed by atoms with Crippen LogP contribution in [0.4, 0.5) is 0 Å². The van der Waals surface area contributed by atoms with Gasteiger partial charge in [-0.25, -0.2) is 0 Å². The molecule has 1 heterocycles. The molecule has 0 radical (unpaired) electrons. The van der Waals surface area contributed by atoms with E-state index in [1.165, 1.54) is 12.8 Å². The van der Waals surface area contributed by atoms with Crippen LogP contribution in [0.5, 0.6) is 0 Å². The van der Waals surface area contributed by atoms with Gasteiger partial charge in [-0.1, -0.05) is 34.8 Å². The van der Waals surface area contributed by atoms with Crippen LogP contribution in [-0.4, -0.2) is 22.8 Å². The molecule has 1 aliphatic carbocycles. The van der Waals surface area contributed by atoms with E-state index < -0.39 is 3.79 Å². The van der Waals surface area contributed by atoms with Gasteiger partial charge in [0.15, 0.2) is 0 Å². The lowest BCUT2D eigenvalue weighted by Gasteiger charge is -2.24. The molecule has 1 aliphatic heterocycles. The summed E-state index contributed by atoms with van der Waals surface area (Å²) in [5.74, 6) is 0.241. The zero-order valence-electron chi connectivity index (χ0n) is 6.32. The van der Waals surface area contributed by atoms with Crippen LogP contribution in [0.3, 0.4) is 0 Å². The van der Waals surface area contributed by atoms with Crippen molar-refractivity contribution in [2.75, 3.05) is 13.2 Å². The molecular weight excluding hydrogens is 220 g/mol. The molecule has 5 heteroatoms. The van der Waals surface area contributed by atoms with Crippen LogP contribution in [0.25, 0.3) is 0 Å². The van der Waals surface area contributed by atoms with Crippen molar-refractivity contribution in [3.63, 3.8) is 0 Å². The molecule has 2 rings (SSSR count). The molecular formula is C7H8Cl3NO. The van der Waals surface area contributed by atoms with Crippen LogP contribution < -0.4 is 0 Å². The minimum Gasteiger partial charge on any atom is -0.477 e. The largest absolute Gasteiger partial charge is 0.477 e. The van der Waals surface area contributed by atoms with Crippen LogP contribution >= 0.6 is 34.8 Å². The van der Waals surface area contributed by atoms with Crippen molar-refractivity contribution in [2.24, 2.45) is 10.4 Å². The van der Waals surface area contributed by atoms with Crippen molar-refractivity contribution < 1.29 is 4.74 Å². The van der Waals surface area contributed by atoms with Crippen molar-refractivity contribution in [2.45, 2.75) is 16.6 Å².